The van der Waals surface area contributed by atoms with Gasteiger partial charge in [0.1, 0.15) is 5.76 Å². The number of ether oxygens (including phenoxy) is 1. The molecular weight excluding hydrogens is 281 g/mol. The Morgan fingerprint density at radius 1 is 1.37 bits per heavy atom. The van der Waals surface area contributed by atoms with Crippen molar-refractivity contribution in [2.24, 2.45) is 0 Å². The van der Waals surface area contributed by atoms with Gasteiger partial charge in [0.05, 0.1) is 12.6 Å². The molecule has 0 saturated carbocycles. The Balaban J connectivity index is 2.10. The van der Waals surface area contributed by atoms with Gasteiger partial charge in [-0.25, -0.2) is 0 Å². The number of nitrogens with one attached hydrogen (secondary N) is 1. The van der Waals surface area contributed by atoms with Crippen molar-refractivity contribution >= 4 is 23.2 Å². The summed E-state index contributed by atoms with van der Waals surface area (Å²) in [4.78, 5) is 0. The minimum absolute atomic E-state index is 0.195. The van der Waals surface area contributed by atoms with Crippen molar-refractivity contribution < 1.29 is 4.74 Å². The lowest BCUT2D eigenvalue weighted by Crippen LogP contribution is -2.34. The van der Waals surface area contributed by atoms with Crippen LogP contribution in [0.4, 0.5) is 0 Å². The van der Waals surface area contributed by atoms with E-state index in [0.717, 1.165) is 48.8 Å². The zero-order chi connectivity index (χ0) is 13.7. The molecule has 0 radical (unpaired) electrons. The highest BCUT2D eigenvalue weighted by molar-refractivity contribution is 6.35. The summed E-state index contributed by atoms with van der Waals surface area (Å²) in [7, 11) is 0. The van der Waals surface area contributed by atoms with Gasteiger partial charge >= 0.3 is 0 Å². The Hall–Kier alpha value is -0.700. The summed E-state index contributed by atoms with van der Waals surface area (Å²) in [6.07, 6.45) is 5.07. The van der Waals surface area contributed by atoms with Crippen molar-refractivity contribution in [2.45, 2.75) is 32.2 Å². The third-order valence-electron chi connectivity index (χ3n) is 3.16. The molecule has 0 fully saturated rings. The third kappa shape index (κ3) is 4.13. The molecule has 4 heteroatoms. The Kier molecular flexibility index (Phi) is 5.56. The number of rotatable bonds is 6. The van der Waals surface area contributed by atoms with E-state index in [2.05, 4.69) is 18.3 Å². The fourth-order valence-corrected chi connectivity index (χ4v) is 2.66. The Morgan fingerprint density at radius 3 is 2.84 bits per heavy atom. The molecule has 1 aromatic rings. The fourth-order valence-electron chi connectivity index (χ4n) is 2.18. The first kappa shape index (κ1) is 14.7. The quantitative estimate of drug-likeness (QED) is 0.850. The number of benzene rings is 1. The molecule has 1 aliphatic heterocycles. The van der Waals surface area contributed by atoms with E-state index in [-0.39, 0.29) is 6.04 Å². The van der Waals surface area contributed by atoms with Crippen molar-refractivity contribution in [3.8, 4) is 0 Å². The standard InChI is InChI=1S/C15H19Cl2NO/c1-2-7-18-14(15-4-3-8-19-15)9-11-5-6-12(16)10-13(11)17/h4-6,10,14,18H,2-3,7-9H2,1H3. The molecule has 2 nitrogen and oxygen atoms in total. The second kappa shape index (κ2) is 7.18. The lowest BCUT2D eigenvalue weighted by Gasteiger charge is -2.20. The maximum Gasteiger partial charge on any atom is 0.109 e. The fraction of sp³-hybridized carbons (Fsp3) is 0.467. The summed E-state index contributed by atoms with van der Waals surface area (Å²) in [5.41, 5.74) is 1.09. The predicted octanol–water partition coefficient (Wildman–Crippen LogP) is 4.21. The van der Waals surface area contributed by atoms with Gasteiger partial charge in [0.2, 0.25) is 0 Å². The van der Waals surface area contributed by atoms with E-state index in [0.29, 0.717) is 5.02 Å². The summed E-state index contributed by atoms with van der Waals surface area (Å²) in [5, 5.41) is 4.90. The minimum atomic E-state index is 0.195. The smallest absolute Gasteiger partial charge is 0.109 e. The third-order valence-corrected chi connectivity index (χ3v) is 3.74. The maximum absolute atomic E-state index is 6.24. The molecular formula is C15H19Cl2NO. The van der Waals surface area contributed by atoms with Crippen molar-refractivity contribution in [1.82, 2.24) is 5.32 Å². The normalized spacial score (nSPS) is 16.1. The van der Waals surface area contributed by atoms with Crippen LogP contribution in [0.25, 0.3) is 0 Å². The van der Waals surface area contributed by atoms with E-state index < -0.39 is 0 Å². The zero-order valence-corrected chi connectivity index (χ0v) is 12.6. The first-order chi connectivity index (χ1) is 9.20. The number of hydrogen-bond donors (Lipinski definition) is 1. The average molecular weight is 300 g/mol. The van der Waals surface area contributed by atoms with Gasteiger partial charge in [-0.15, -0.1) is 0 Å². The van der Waals surface area contributed by atoms with Crippen LogP contribution in [-0.4, -0.2) is 19.2 Å². The predicted molar refractivity (Wildman–Crippen MR) is 80.9 cm³/mol. The molecule has 0 amide bonds. The second-order valence-electron chi connectivity index (χ2n) is 4.69. The van der Waals surface area contributed by atoms with Crippen molar-refractivity contribution in [2.75, 3.05) is 13.2 Å². The van der Waals surface area contributed by atoms with Crippen LogP contribution < -0.4 is 5.32 Å². The van der Waals surface area contributed by atoms with Gasteiger partial charge < -0.3 is 10.1 Å². The van der Waals surface area contributed by atoms with Crippen LogP contribution in [0.2, 0.25) is 10.0 Å². The minimum Gasteiger partial charge on any atom is -0.496 e. The van der Waals surface area contributed by atoms with E-state index in [1.54, 1.807) is 6.07 Å². The van der Waals surface area contributed by atoms with Crippen molar-refractivity contribution in [3.63, 3.8) is 0 Å². The summed E-state index contributed by atoms with van der Waals surface area (Å²) in [6.45, 7) is 3.91. The van der Waals surface area contributed by atoms with Gasteiger partial charge in [-0.05, 0) is 43.2 Å². The molecule has 1 heterocycles. The number of hydrogen-bond acceptors (Lipinski definition) is 2. The van der Waals surface area contributed by atoms with Crippen molar-refractivity contribution in [3.05, 3.63) is 45.6 Å². The van der Waals surface area contributed by atoms with E-state index >= 15 is 0 Å². The van der Waals surface area contributed by atoms with Crippen LogP contribution in [0.3, 0.4) is 0 Å². The lowest BCUT2D eigenvalue weighted by molar-refractivity contribution is 0.214. The Morgan fingerprint density at radius 2 is 2.21 bits per heavy atom. The highest BCUT2D eigenvalue weighted by atomic mass is 35.5. The summed E-state index contributed by atoms with van der Waals surface area (Å²) in [6, 6.07) is 5.85. The highest BCUT2D eigenvalue weighted by Gasteiger charge is 2.19. The van der Waals surface area contributed by atoms with Crippen LogP contribution >= 0.6 is 23.2 Å². The SMILES string of the molecule is CCCNC(Cc1ccc(Cl)cc1Cl)C1=CCCO1. The summed E-state index contributed by atoms with van der Waals surface area (Å²) in [5.74, 6) is 1.04. The van der Waals surface area contributed by atoms with Crippen LogP contribution in [0.15, 0.2) is 30.0 Å². The molecule has 0 bridgehead atoms. The second-order valence-corrected chi connectivity index (χ2v) is 5.53. The zero-order valence-electron chi connectivity index (χ0n) is 11.1. The Bertz CT molecular complexity index is 459. The largest absolute Gasteiger partial charge is 0.496 e. The van der Waals surface area contributed by atoms with Crippen LogP contribution in [-0.2, 0) is 11.2 Å². The molecule has 104 valence electrons. The van der Waals surface area contributed by atoms with Gasteiger partial charge in [0.15, 0.2) is 0 Å². The van der Waals surface area contributed by atoms with Crippen LogP contribution in [0, 0.1) is 0 Å². The maximum atomic E-state index is 6.24. The van der Waals surface area contributed by atoms with Gasteiger partial charge in [0, 0.05) is 16.5 Å². The molecule has 1 aliphatic rings. The van der Waals surface area contributed by atoms with Crippen molar-refractivity contribution in [1.29, 1.82) is 0 Å². The molecule has 0 saturated heterocycles. The molecule has 0 aromatic heterocycles. The highest BCUT2D eigenvalue weighted by Crippen LogP contribution is 2.24. The average Bonchev–Trinajstić information content (AvgIpc) is 2.90. The molecule has 1 aromatic carbocycles. The first-order valence-electron chi connectivity index (χ1n) is 6.71. The summed E-state index contributed by atoms with van der Waals surface area (Å²) < 4.78 is 5.68. The number of halogens is 2. The Labute approximate surface area is 124 Å². The molecule has 1 atom stereocenters. The van der Waals surface area contributed by atoms with E-state index in [1.165, 1.54) is 0 Å². The molecule has 19 heavy (non-hydrogen) atoms. The summed E-state index contributed by atoms with van der Waals surface area (Å²) >= 11 is 12.2. The van der Waals surface area contributed by atoms with Gasteiger partial charge in [-0.3, -0.25) is 0 Å². The lowest BCUT2D eigenvalue weighted by atomic mass is 10.0. The van der Waals surface area contributed by atoms with Crippen LogP contribution in [0.1, 0.15) is 25.3 Å². The molecule has 0 spiro atoms. The first-order valence-corrected chi connectivity index (χ1v) is 7.46. The van der Waals surface area contributed by atoms with E-state index in [4.69, 9.17) is 27.9 Å². The van der Waals surface area contributed by atoms with Gasteiger partial charge in [-0.1, -0.05) is 36.2 Å². The molecule has 2 rings (SSSR count). The van der Waals surface area contributed by atoms with Crippen LogP contribution in [0.5, 0.6) is 0 Å². The van der Waals surface area contributed by atoms with E-state index in [9.17, 15) is 0 Å². The molecule has 0 aliphatic carbocycles. The van der Waals surface area contributed by atoms with E-state index in [1.807, 2.05) is 12.1 Å². The van der Waals surface area contributed by atoms with Gasteiger partial charge in [0.25, 0.3) is 0 Å². The molecule has 1 N–H and O–H groups in total. The monoisotopic (exact) mass is 299 g/mol. The molecule has 1 unspecified atom stereocenters. The van der Waals surface area contributed by atoms with Gasteiger partial charge in [-0.2, -0.15) is 0 Å². The topological polar surface area (TPSA) is 21.3 Å².